The first kappa shape index (κ1) is 22.5. The van der Waals surface area contributed by atoms with Crippen molar-refractivity contribution in [2.45, 2.75) is 25.7 Å². The number of hydrogen-bond acceptors (Lipinski definition) is 5. The minimum Gasteiger partial charge on any atom is -0.481 e. The number of aromatic nitrogens is 3. The average molecular weight is 401 g/mol. The highest BCUT2D eigenvalue weighted by atomic mass is 19.4. The number of aryl methyl sites for hydroxylation is 1. The summed E-state index contributed by atoms with van der Waals surface area (Å²) in [6.07, 6.45) is -0.436. The summed E-state index contributed by atoms with van der Waals surface area (Å²) in [5.41, 5.74) is 1.18. The molecule has 0 saturated carbocycles. The van der Waals surface area contributed by atoms with Crippen LogP contribution in [0.4, 0.5) is 13.2 Å². The second-order valence-electron chi connectivity index (χ2n) is 5.13. The number of carbonyl (C=O) groups excluding carboxylic acids is 1. The van der Waals surface area contributed by atoms with E-state index in [2.05, 4.69) is 15.4 Å². The maximum atomic E-state index is 11.9. The van der Waals surface area contributed by atoms with Gasteiger partial charge in [0, 0.05) is 12.3 Å². The van der Waals surface area contributed by atoms with E-state index in [0.29, 0.717) is 12.1 Å². The number of halogens is 3. The Morgan fingerprint density at radius 2 is 1.82 bits per heavy atom. The van der Waals surface area contributed by atoms with Gasteiger partial charge in [0.2, 0.25) is 0 Å². The predicted molar refractivity (Wildman–Crippen MR) is 85.8 cm³/mol. The van der Waals surface area contributed by atoms with E-state index in [1.54, 1.807) is 18.5 Å². The quantitative estimate of drug-likeness (QED) is 0.610. The zero-order chi connectivity index (χ0) is 21.2. The van der Waals surface area contributed by atoms with E-state index < -0.39 is 18.1 Å². The lowest BCUT2D eigenvalue weighted by molar-refractivity contribution is -0.753. The molecule has 2 rings (SSSR count). The lowest BCUT2D eigenvalue weighted by Crippen LogP contribution is -2.39. The maximum Gasteiger partial charge on any atom is 0.490 e. The first-order chi connectivity index (χ1) is 13.1. The zero-order valence-corrected chi connectivity index (χ0v) is 14.3. The Kier molecular flexibility index (Phi) is 8.46. The molecule has 0 bridgehead atoms. The molecule has 150 valence electrons. The van der Waals surface area contributed by atoms with Crippen molar-refractivity contribution in [1.82, 2.24) is 15.4 Å². The van der Waals surface area contributed by atoms with Crippen LogP contribution in [-0.4, -0.2) is 44.3 Å². The minimum atomic E-state index is -5.08. The van der Waals surface area contributed by atoms with Gasteiger partial charge in [0.05, 0.1) is 17.8 Å². The molecule has 2 aromatic heterocycles. The van der Waals surface area contributed by atoms with Gasteiger partial charge in [0.25, 0.3) is 5.91 Å². The van der Waals surface area contributed by atoms with E-state index in [9.17, 15) is 22.8 Å². The standard InChI is InChI=1S/C14H14N4O3.C2HF3O2/c19-13(20)5-8-18-7-4-11(9-17-18)14(21)16-10-12-3-1-2-6-15-12;3-2(4,5)1(6)7/h1-4,6-7,9H,5,8,10H2,(H-,16,19,20,21);(H,6,7)/p+1. The number of carboxylic acid groups (broad SMARTS) is 2. The third-order valence-electron chi connectivity index (χ3n) is 2.99. The van der Waals surface area contributed by atoms with Crippen LogP contribution in [0.2, 0.25) is 0 Å². The van der Waals surface area contributed by atoms with Crippen molar-refractivity contribution in [3.05, 3.63) is 54.1 Å². The second kappa shape index (κ2) is 10.5. The number of carboxylic acids is 2. The summed E-state index contributed by atoms with van der Waals surface area (Å²) in [5.74, 6) is -3.90. The second-order valence-corrected chi connectivity index (χ2v) is 5.13. The van der Waals surface area contributed by atoms with E-state index in [4.69, 9.17) is 15.0 Å². The highest BCUT2D eigenvalue weighted by Crippen LogP contribution is 2.13. The molecule has 2 aromatic rings. The van der Waals surface area contributed by atoms with Crippen LogP contribution in [0.3, 0.4) is 0 Å². The Bertz CT molecular complexity index is 798. The molecule has 2 heterocycles. The van der Waals surface area contributed by atoms with Crippen molar-refractivity contribution in [3.8, 4) is 0 Å². The highest BCUT2D eigenvalue weighted by molar-refractivity contribution is 5.93. The van der Waals surface area contributed by atoms with Gasteiger partial charge in [0.1, 0.15) is 12.6 Å². The Hall–Kier alpha value is -3.57. The van der Waals surface area contributed by atoms with Crippen LogP contribution >= 0.6 is 0 Å². The average Bonchev–Trinajstić information content (AvgIpc) is 2.65. The fraction of sp³-hybridized carbons (Fsp3) is 0.250. The molecule has 12 heteroatoms. The van der Waals surface area contributed by atoms with Crippen LogP contribution in [0.1, 0.15) is 22.5 Å². The summed E-state index contributed by atoms with van der Waals surface area (Å²) < 4.78 is 33.2. The number of pyridine rings is 1. The molecular formula is C16H16F3N4O5+. The summed E-state index contributed by atoms with van der Waals surface area (Å²) in [5, 5.41) is 22.5. The first-order valence-electron chi connectivity index (χ1n) is 7.65. The van der Waals surface area contributed by atoms with Crippen molar-refractivity contribution in [1.29, 1.82) is 0 Å². The van der Waals surface area contributed by atoms with Gasteiger partial charge < -0.3 is 15.5 Å². The van der Waals surface area contributed by atoms with Crippen LogP contribution in [-0.2, 0) is 22.7 Å². The number of amides is 1. The molecule has 0 aliphatic heterocycles. The van der Waals surface area contributed by atoms with Crippen LogP contribution in [0.15, 0.2) is 42.9 Å². The Morgan fingerprint density at radius 3 is 2.29 bits per heavy atom. The monoisotopic (exact) mass is 401 g/mol. The number of alkyl halides is 3. The van der Waals surface area contributed by atoms with E-state index in [1.807, 2.05) is 18.2 Å². The summed E-state index contributed by atoms with van der Waals surface area (Å²) in [4.78, 5) is 35.4. The lowest BCUT2D eigenvalue weighted by atomic mass is 10.3. The molecule has 0 unspecified atom stereocenters. The largest absolute Gasteiger partial charge is 0.490 e. The summed E-state index contributed by atoms with van der Waals surface area (Å²) in [7, 11) is 0. The number of nitrogens with zero attached hydrogens (tertiary/aromatic N) is 3. The number of aliphatic carboxylic acids is 2. The van der Waals surface area contributed by atoms with Crippen molar-refractivity contribution in [3.63, 3.8) is 0 Å². The molecule has 28 heavy (non-hydrogen) atoms. The lowest BCUT2D eigenvalue weighted by Gasteiger charge is -2.03. The van der Waals surface area contributed by atoms with Crippen LogP contribution < -0.4 is 10.00 Å². The van der Waals surface area contributed by atoms with E-state index in [1.165, 1.54) is 10.9 Å². The summed E-state index contributed by atoms with van der Waals surface area (Å²) in [6, 6.07) is 7.08. The highest BCUT2D eigenvalue weighted by Gasteiger charge is 2.38. The van der Waals surface area contributed by atoms with Crippen LogP contribution in [0, 0.1) is 0 Å². The molecular weight excluding hydrogens is 385 g/mol. The molecule has 0 aromatic carbocycles. The molecule has 0 spiro atoms. The Morgan fingerprint density at radius 1 is 1.14 bits per heavy atom. The van der Waals surface area contributed by atoms with Gasteiger partial charge in [-0.1, -0.05) is 10.7 Å². The van der Waals surface area contributed by atoms with Gasteiger partial charge >= 0.3 is 18.1 Å². The molecule has 1 amide bonds. The van der Waals surface area contributed by atoms with Gasteiger partial charge in [-0.2, -0.15) is 13.2 Å². The van der Waals surface area contributed by atoms with Crippen molar-refractivity contribution in [2.24, 2.45) is 0 Å². The van der Waals surface area contributed by atoms with Gasteiger partial charge in [0.15, 0.2) is 12.7 Å². The van der Waals surface area contributed by atoms with Gasteiger partial charge in [-0.15, -0.1) is 0 Å². The van der Waals surface area contributed by atoms with Crippen molar-refractivity contribution < 1.29 is 42.4 Å². The molecule has 0 atom stereocenters. The SMILES string of the molecule is O=C(O)C(F)(F)F.O=C(O)CC[n+]1ccc(C(=O)NCc2ccccn2)cn1. The number of carbonyl (C=O) groups is 3. The van der Waals surface area contributed by atoms with Crippen molar-refractivity contribution >= 4 is 17.8 Å². The smallest absolute Gasteiger partial charge is 0.481 e. The minimum absolute atomic E-state index is 0.0110. The number of nitrogens with one attached hydrogen (secondary N) is 1. The maximum absolute atomic E-state index is 11.9. The third-order valence-corrected chi connectivity index (χ3v) is 2.99. The molecule has 9 nitrogen and oxygen atoms in total. The molecule has 0 radical (unpaired) electrons. The fourth-order valence-corrected chi connectivity index (χ4v) is 1.64. The molecule has 3 N–H and O–H groups in total. The van der Waals surface area contributed by atoms with Gasteiger partial charge in [-0.25, -0.2) is 4.79 Å². The first-order valence-corrected chi connectivity index (χ1v) is 7.65. The van der Waals surface area contributed by atoms with Crippen LogP contribution in [0.5, 0.6) is 0 Å². The molecule has 0 saturated heterocycles. The van der Waals surface area contributed by atoms with Gasteiger partial charge in [-0.05, 0) is 17.2 Å². The molecule has 0 aliphatic rings. The van der Waals surface area contributed by atoms with E-state index in [-0.39, 0.29) is 18.9 Å². The molecule has 0 aliphatic carbocycles. The van der Waals surface area contributed by atoms with E-state index >= 15 is 0 Å². The third kappa shape index (κ3) is 8.69. The van der Waals surface area contributed by atoms with Crippen LogP contribution in [0.25, 0.3) is 0 Å². The Labute approximate surface area is 156 Å². The summed E-state index contributed by atoms with van der Waals surface area (Å²) in [6.45, 7) is 0.610. The number of hydrogen-bond donors (Lipinski definition) is 3. The van der Waals surface area contributed by atoms with Gasteiger partial charge in [-0.3, -0.25) is 14.6 Å². The molecule has 0 fully saturated rings. The number of rotatable bonds is 6. The zero-order valence-electron chi connectivity index (χ0n) is 14.3. The normalized spacial score (nSPS) is 10.4. The van der Waals surface area contributed by atoms with E-state index in [0.717, 1.165) is 5.69 Å². The predicted octanol–water partition coefficient (Wildman–Crippen LogP) is 0.802. The Balaban J connectivity index is 0.000000480. The fourth-order valence-electron chi connectivity index (χ4n) is 1.64. The topological polar surface area (TPSA) is 133 Å². The summed E-state index contributed by atoms with van der Waals surface area (Å²) >= 11 is 0. The van der Waals surface area contributed by atoms with Crippen molar-refractivity contribution in [2.75, 3.05) is 0 Å².